The molecule has 1 aromatic carbocycles. The van der Waals surface area contributed by atoms with E-state index in [1.165, 1.54) is 23.5 Å². The van der Waals surface area contributed by atoms with Gasteiger partial charge in [-0.3, -0.25) is 4.79 Å². The van der Waals surface area contributed by atoms with Crippen molar-refractivity contribution in [2.45, 2.75) is 6.29 Å². The summed E-state index contributed by atoms with van der Waals surface area (Å²) >= 11 is 1.17. The average molecular weight is 338 g/mol. The minimum absolute atomic E-state index is 0. The largest absolute Gasteiger partial charge is 0.586 e. The molecule has 114 valence electrons. The number of halogens is 3. The molecule has 1 aliphatic heterocycles. The van der Waals surface area contributed by atoms with E-state index < -0.39 is 6.29 Å². The van der Waals surface area contributed by atoms with Crippen LogP contribution < -0.4 is 20.1 Å². The summed E-state index contributed by atoms with van der Waals surface area (Å²) in [6.45, 7) is 0.158. The van der Waals surface area contributed by atoms with Crippen molar-refractivity contribution in [3.8, 4) is 11.5 Å². The summed E-state index contributed by atoms with van der Waals surface area (Å²) < 4.78 is 35.1. The number of nitrogens with zero attached hydrogens (tertiary/aromatic N) is 1. The van der Waals surface area contributed by atoms with Crippen LogP contribution in [0.25, 0.3) is 10.2 Å². The van der Waals surface area contributed by atoms with Gasteiger partial charge in [0.05, 0.1) is 16.8 Å². The van der Waals surface area contributed by atoms with Gasteiger partial charge in [-0.25, -0.2) is 4.98 Å². The SMILES string of the molecule is CNCC(=O)Nc1nc2cc3c(cc2s1)OC(F)(F)O3.Cl. The molecule has 21 heavy (non-hydrogen) atoms. The molecule has 0 bridgehead atoms. The first kappa shape index (κ1) is 15.7. The zero-order valence-corrected chi connectivity index (χ0v) is 12.2. The number of nitrogens with one attached hydrogen (secondary N) is 2. The second-order valence-electron chi connectivity index (χ2n) is 4.03. The van der Waals surface area contributed by atoms with Gasteiger partial charge in [0.15, 0.2) is 16.6 Å². The number of ether oxygens (including phenoxy) is 2. The van der Waals surface area contributed by atoms with Crippen LogP contribution in [0, 0.1) is 0 Å². The van der Waals surface area contributed by atoms with Gasteiger partial charge in [-0.15, -0.1) is 21.2 Å². The quantitative estimate of drug-likeness (QED) is 0.898. The molecule has 1 aliphatic rings. The molecule has 0 spiro atoms. The maximum absolute atomic E-state index is 12.9. The molecule has 0 saturated heterocycles. The van der Waals surface area contributed by atoms with Crippen LogP contribution in [0.2, 0.25) is 0 Å². The number of rotatable bonds is 3. The molecule has 3 rings (SSSR count). The van der Waals surface area contributed by atoms with Gasteiger partial charge in [-0.05, 0) is 7.05 Å². The zero-order chi connectivity index (χ0) is 14.3. The van der Waals surface area contributed by atoms with Crippen molar-refractivity contribution in [1.82, 2.24) is 10.3 Å². The van der Waals surface area contributed by atoms with Crippen LogP contribution >= 0.6 is 23.7 Å². The van der Waals surface area contributed by atoms with Crippen LogP contribution in [-0.2, 0) is 4.79 Å². The van der Waals surface area contributed by atoms with Crippen molar-refractivity contribution in [3.63, 3.8) is 0 Å². The van der Waals surface area contributed by atoms with Crippen LogP contribution in [0.5, 0.6) is 11.5 Å². The lowest BCUT2D eigenvalue weighted by atomic mass is 10.3. The highest BCUT2D eigenvalue weighted by Gasteiger charge is 2.43. The first-order valence-electron chi connectivity index (χ1n) is 5.62. The fourth-order valence-electron chi connectivity index (χ4n) is 1.75. The third-order valence-corrected chi connectivity index (χ3v) is 3.43. The number of alkyl halides is 2. The van der Waals surface area contributed by atoms with Crippen molar-refractivity contribution in [2.75, 3.05) is 18.9 Å². The van der Waals surface area contributed by atoms with E-state index in [0.717, 1.165) is 0 Å². The summed E-state index contributed by atoms with van der Waals surface area (Å²) in [4.78, 5) is 15.6. The smallest absolute Gasteiger partial charge is 0.395 e. The molecule has 2 aromatic rings. The maximum Gasteiger partial charge on any atom is 0.586 e. The van der Waals surface area contributed by atoms with Crippen LogP contribution in [0.3, 0.4) is 0 Å². The summed E-state index contributed by atoms with van der Waals surface area (Å²) in [5, 5.41) is 5.69. The second kappa shape index (κ2) is 5.58. The second-order valence-corrected chi connectivity index (χ2v) is 5.06. The van der Waals surface area contributed by atoms with Gasteiger partial charge >= 0.3 is 6.29 Å². The molecule has 6 nitrogen and oxygen atoms in total. The Balaban J connectivity index is 0.00000161. The Hall–Kier alpha value is -1.71. The summed E-state index contributed by atoms with van der Waals surface area (Å²) in [5.41, 5.74) is 0.454. The third kappa shape index (κ3) is 3.14. The summed E-state index contributed by atoms with van der Waals surface area (Å²) in [6.07, 6.45) is -3.64. The molecule has 0 fully saturated rings. The lowest BCUT2D eigenvalue weighted by Gasteiger charge is -2.04. The van der Waals surface area contributed by atoms with E-state index in [-0.39, 0.29) is 36.4 Å². The molecular weight excluding hydrogens is 328 g/mol. The molecule has 0 saturated carbocycles. The standard InChI is InChI=1S/C11H9F2N3O3S.ClH/c1-14-4-9(17)16-10-15-5-2-6-7(3-8(5)20-10)19-11(12,13)18-6;/h2-3,14H,4H2,1H3,(H,15,16,17);1H. The molecule has 1 aromatic heterocycles. The monoisotopic (exact) mass is 337 g/mol. The van der Waals surface area contributed by atoms with Gasteiger partial charge in [0.2, 0.25) is 5.91 Å². The molecule has 1 amide bonds. The molecule has 0 atom stereocenters. The third-order valence-electron chi connectivity index (χ3n) is 2.50. The van der Waals surface area contributed by atoms with Gasteiger partial charge in [0.25, 0.3) is 0 Å². The Morgan fingerprint density at radius 1 is 1.38 bits per heavy atom. The number of anilines is 1. The molecule has 0 radical (unpaired) electrons. The van der Waals surface area contributed by atoms with Crippen LogP contribution in [0.4, 0.5) is 13.9 Å². The van der Waals surface area contributed by atoms with E-state index in [9.17, 15) is 13.6 Å². The van der Waals surface area contributed by atoms with Crippen LogP contribution in [0.15, 0.2) is 12.1 Å². The van der Waals surface area contributed by atoms with Crippen molar-refractivity contribution in [3.05, 3.63) is 12.1 Å². The fourth-order valence-corrected chi connectivity index (χ4v) is 2.64. The number of aromatic nitrogens is 1. The number of likely N-dealkylation sites (N-methyl/N-ethyl adjacent to an activating group) is 1. The predicted molar refractivity (Wildman–Crippen MR) is 75.6 cm³/mol. The number of amides is 1. The molecule has 0 unspecified atom stereocenters. The van der Waals surface area contributed by atoms with E-state index in [1.807, 2.05) is 0 Å². The first-order chi connectivity index (χ1) is 9.47. The highest BCUT2D eigenvalue weighted by Crippen LogP contribution is 2.44. The highest BCUT2D eigenvalue weighted by atomic mass is 35.5. The highest BCUT2D eigenvalue weighted by molar-refractivity contribution is 7.22. The number of hydrogen-bond donors (Lipinski definition) is 2. The van der Waals surface area contributed by atoms with E-state index in [2.05, 4.69) is 25.1 Å². The summed E-state index contributed by atoms with van der Waals surface area (Å²) in [6, 6.07) is 2.77. The fraction of sp³-hybridized carbons (Fsp3) is 0.273. The Kier molecular flexibility index (Phi) is 4.17. The lowest BCUT2D eigenvalue weighted by Crippen LogP contribution is -2.25. The minimum Gasteiger partial charge on any atom is -0.395 e. The number of hydrogen-bond acceptors (Lipinski definition) is 6. The van der Waals surface area contributed by atoms with Crippen molar-refractivity contribution >= 4 is 45.0 Å². The first-order valence-corrected chi connectivity index (χ1v) is 6.43. The van der Waals surface area contributed by atoms with Crippen molar-refractivity contribution < 1.29 is 23.0 Å². The van der Waals surface area contributed by atoms with Crippen molar-refractivity contribution in [2.24, 2.45) is 0 Å². The Morgan fingerprint density at radius 3 is 2.71 bits per heavy atom. The number of carbonyl (C=O) groups excluding carboxylic acids is 1. The number of thiazole rings is 1. The average Bonchev–Trinajstić information content (AvgIpc) is 2.82. The van der Waals surface area contributed by atoms with E-state index >= 15 is 0 Å². The molecule has 2 N–H and O–H groups in total. The molecular formula is C11H10ClF2N3O3S. The van der Waals surface area contributed by atoms with Gasteiger partial charge in [0, 0.05) is 12.1 Å². The number of carbonyl (C=O) groups is 1. The normalized spacial score (nSPS) is 14.8. The number of benzene rings is 1. The topological polar surface area (TPSA) is 72.5 Å². The molecule has 2 heterocycles. The Morgan fingerprint density at radius 2 is 2.05 bits per heavy atom. The van der Waals surface area contributed by atoms with E-state index in [1.54, 1.807) is 7.05 Å². The Bertz CT molecular complexity index is 650. The minimum atomic E-state index is -3.64. The van der Waals surface area contributed by atoms with E-state index in [0.29, 0.717) is 15.3 Å². The van der Waals surface area contributed by atoms with Crippen LogP contribution in [0.1, 0.15) is 0 Å². The van der Waals surface area contributed by atoms with E-state index in [4.69, 9.17) is 0 Å². The van der Waals surface area contributed by atoms with Gasteiger partial charge in [-0.1, -0.05) is 11.3 Å². The van der Waals surface area contributed by atoms with Crippen molar-refractivity contribution in [1.29, 1.82) is 0 Å². The molecule has 10 heteroatoms. The summed E-state index contributed by atoms with van der Waals surface area (Å²) in [7, 11) is 1.65. The zero-order valence-electron chi connectivity index (χ0n) is 10.6. The summed E-state index contributed by atoms with van der Waals surface area (Å²) in [5.74, 6) is -0.349. The number of fused-ring (bicyclic) bond motifs is 2. The van der Waals surface area contributed by atoms with Gasteiger partial charge in [-0.2, -0.15) is 0 Å². The Labute approximate surface area is 127 Å². The molecule has 0 aliphatic carbocycles. The maximum atomic E-state index is 12.9. The van der Waals surface area contributed by atoms with Gasteiger partial charge in [0.1, 0.15) is 0 Å². The predicted octanol–water partition coefficient (Wildman–Crippen LogP) is 2.20. The lowest BCUT2D eigenvalue weighted by molar-refractivity contribution is -0.286. The van der Waals surface area contributed by atoms with Gasteiger partial charge < -0.3 is 20.1 Å². The van der Waals surface area contributed by atoms with Crippen LogP contribution in [-0.4, -0.2) is 30.8 Å².